The molecule has 0 amide bonds. The van der Waals surface area contributed by atoms with Gasteiger partial charge in [-0.25, -0.2) is 4.98 Å². The third-order valence-corrected chi connectivity index (χ3v) is 1.51. The van der Waals surface area contributed by atoms with Crippen LogP contribution in [0.15, 0.2) is 23.9 Å². The Labute approximate surface area is 58.2 Å². The summed E-state index contributed by atoms with van der Waals surface area (Å²) in [4.78, 5) is 4.01. The highest BCUT2D eigenvalue weighted by molar-refractivity contribution is 7.13. The van der Waals surface area contributed by atoms with Gasteiger partial charge in [0.15, 0.2) is 5.13 Å². The molecule has 1 aromatic rings. The van der Waals surface area contributed by atoms with E-state index < -0.39 is 0 Å². The molecule has 0 unspecified atom stereocenters. The van der Waals surface area contributed by atoms with Crippen molar-refractivity contribution in [3.05, 3.63) is 23.9 Å². The number of anilines is 1. The summed E-state index contributed by atoms with van der Waals surface area (Å²) >= 11 is 1.59. The molecule has 0 aliphatic carbocycles. The van der Waals surface area contributed by atoms with Crippen molar-refractivity contribution in [3.63, 3.8) is 0 Å². The molecule has 0 atom stereocenters. The van der Waals surface area contributed by atoms with Gasteiger partial charge in [-0.3, -0.25) is 0 Å². The molecular formula is C6H8N2S. The summed E-state index contributed by atoms with van der Waals surface area (Å²) in [6.07, 6.45) is 5.57. The maximum absolute atomic E-state index is 4.01. The van der Waals surface area contributed by atoms with Crippen LogP contribution in [0.25, 0.3) is 0 Å². The number of hydrogen-bond acceptors (Lipinski definition) is 3. The summed E-state index contributed by atoms with van der Waals surface area (Å²) in [5.74, 6) is 0. The van der Waals surface area contributed by atoms with Gasteiger partial charge in [0.1, 0.15) is 0 Å². The van der Waals surface area contributed by atoms with Crippen LogP contribution in [-0.2, 0) is 0 Å². The summed E-state index contributed by atoms with van der Waals surface area (Å²) in [7, 11) is 0. The molecule has 1 rings (SSSR count). The number of thiazole rings is 1. The monoisotopic (exact) mass is 140 g/mol. The van der Waals surface area contributed by atoms with Crippen molar-refractivity contribution in [2.75, 3.05) is 5.32 Å². The third kappa shape index (κ3) is 1.85. The van der Waals surface area contributed by atoms with Gasteiger partial charge >= 0.3 is 0 Å². The lowest BCUT2D eigenvalue weighted by molar-refractivity contribution is 1.39. The minimum absolute atomic E-state index is 0.938. The topological polar surface area (TPSA) is 24.9 Å². The van der Waals surface area contributed by atoms with Gasteiger partial charge in [-0.2, -0.15) is 0 Å². The van der Waals surface area contributed by atoms with Gasteiger partial charge in [-0.15, -0.1) is 11.3 Å². The van der Waals surface area contributed by atoms with Crippen molar-refractivity contribution < 1.29 is 0 Å². The number of aromatic nitrogens is 1. The molecule has 1 heterocycles. The Kier molecular flexibility index (Phi) is 2.27. The Morgan fingerprint density at radius 2 is 2.67 bits per heavy atom. The Morgan fingerprint density at radius 3 is 3.22 bits per heavy atom. The van der Waals surface area contributed by atoms with E-state index in [1.807, 2.05) is 24.6 Å². The fourth-order valence-electron chi connectivity index (χ4n) is 0.449. The molecule has 0 aliphatic rings. The lowest BCUT2D eigenvalue weighted by atomic mass is 10.7. The molecule has 0 aliphatic heterocycles. The molecule has 1 N–H and O–H groups in total. The molecule has 0 bridgehead atoms. The molecule has 0 radical (unpaired) electrons. The fourth-order valence-corrected chi connectivity index (χ4v) is 0.958. The molecule has 48 valence electrons. The highest BCUT2D eigenvalue weighted by Crippen LogP contribution is 2.09. The van der Waals surface area contributed by atoms with Crippen molar-refractivity contribution in [1.82, 2.24) is 4.98 Å². The first-order chi connectivity index (χ1) is 4.43. The zero-order valence-corrected chi connectivity index (χ0v) is 5.98. The minimum Gasteiger partial charge on any atom is -0.338 e. The quantitative estimate of drug-likeness (QED) is 0.680. The molecule has 9 heavy (non-hydrogen) atoms. The largest absolute Gasteiger partial charge is 0.338 e. The van der Waals surface area contributed by atoms with E-state index in [0.717, 1.165) is 5.13 Å². The van der Waals surface area contributed by atoms with E-state index in [4.69, 9.17) is 0 Å². The van der Waals surface area contributed by atoms with Gasteiger partial charge in [0, 0.05) is 11.6 Å². The smallest absolute Gasteiger partial charge is 0.186 e. The second-order valence-corrected chi connectivity index (χ2v) is 2.38. The third-order valence-electron chi connectivity index (χ3n) is 0.806. The first-order valence-electron chi connectivity index (χ1n) is 2.70. The standard InChI is InChI=1S/C6H8N2S/c1-2-3-7-6-8-4-5-9-6/h2-5H,1H3,(H,7,8)/b3-2-. The molecule has 2 nitrogen and oxygen atoms in total. The van der Waals surface area contributed by atoms with Crippen LogP contribution in [0.3, 0.4) is 0 Å². The molecule has 3 heteroatoms. The number of allylic oxidation sites excluding steroid dienone is 1. The van der Waals surface area contributed by atoms with Crippen LogP contribution in [0, 0.1) is 0 Å². The van der Waals surface area contributed by atoms with Crippen LogP contribution in [0.4, 0.5) is 5.13 Å². The van der Waals surface area contributed by atoms with Gasteiger partial charge in [0.05, 0.1) is 0 Å². The molecule has 0 fully saturated rings. The molecule has 0 spiro atoms. The van der Waals surface area contributed by atoms with E-state index in [2.05, 4.69) is 10.3 Å². The predicted molar refractivity (Wildman–Crippen MR) is 40.6 cm³/mol. The van der Waals surface area contributed by atoms with Crippen molar-refractivity contribution >= 4 is 16.5 Å². The average molecular weight is 140 g/mol. The molecule has 0 saturated heterocycles. The number of hydrogen-bond donors (Lipinski definition) is 1. The van der Waals surface area contributed by atoms with Crippen LogP contribution in [-0.4, -0.2) is 4.98 Å². The predicted octanol–water partition coefficient (Wildman–Crippen LogP) is 2.09. The van der Waals surface area contributed by atoms with Crippen molar-refractivity contribution in [2.24, 2.45) is 0 Å². The Morgan fingerprint density at radius 1 is 1.78 bits per heavy atom. The van der Waals surface area contributed by atoms with E-state index in [0.29, 0.717) is 0 Å². The fraction of sp³-hybridized carbons (Fsp3) is 0.167. The first kappa shape index (κ1) is 6.29. The average Bonchev–Trinajstić information content (AvgIpc) is 2.34. The van der Waals surface area contributed by atoms with Crippen molar-refractivity contribution in [1.29, 1.82) is 0 Å². The first-order valence-corrected chi connectivity index (χ1v) is 3.58. The van der Waals surface area contributed by atoms with Gasteiger partial charge in [0.25, 0.3) is 0 Å². The SMILES string of the molecule is C/C=C\Nc1nccs1. The molecule has 1 aromatic heterocycles. The van der Waals surface area contributed by atoms with Crippen molar-refractivity contribution in [2.45, 2.75) is 6.92 Å². The lowest BCUT2D eigenvalue weighted by Gasteiger charge is -1.88. The summed E-state index contributed by atoms with van der Waals surface area (Å²) in [6, 6.07) is 0. The van der Waals surface area contributed by atoms with Gasteiger partial charge in [-0.05, 0) is 13.1 Å². The number of nitrogens with one attached hydrogen (secondary N) is 1. The summed E-state index contributed by atoms with van der Waals surface area (Å²) in [5.41, 5.74) is 0. The summed E-state index contributed by atoms with van der Waals surface area (Å²) in [6.45, 7) is 1.96. The Bertz CT molecular complexity index is 179. The van der Waals surface area contributed by atoms with Gasteiger partial charge in [0.2, 0.25) is 0 Å². The highest BCUT2D eigenvalue weighted by atomic mass is 32.1. The maximum atomic E-state index is 4.01. The summed E-state index contributed by atoms with van der Waals surface area (Å²) in [5, 5.41) is 5.88. The van der Waals surface area contributed by atoms with E-state index in [1.165, 1.54) is 0 Å². The van der Waals surface area contributed by atoms with Crippen LogP contribution < -0.4 is 5.32 Å². The highest BCUT2D eigenvalue weighted by Gasteiger charge is 1.85. The van der Waals surface area contributed by atoms with Gasteiger partial charge in [-0.1, -0.05) is 6.08 Å². The molecule has 0 saturated carbocycles. The number of nitrogens with zero attached hydrogens (tertiary/aromatic N) is 1. The maximum Gasteiger partial charge on any atom is 0.186 e. The van der Waals surface area contributed by atoms with Crippen LogP contribution in [0.5, 0.6) is 0 Å². The van der Waals surface area contributed by atoms with Gasteiger partial charge < -0.3 is 5.32 Å². The second-order valence-electron chi connectivity index (χ2n) is 1.48. The Hall–Kier alpha value is -0.830. The molecule has 0 aromatic carbocycles. The zero-order valence-electron chi connectivity index (χ0n) is 5.16. The van der Waals surface area contributed by atoms with E-state index in [9.17, 15) is 0 Å². The van der Waals surface area contributed by atoms with Crippen LogP contribution in [0.2, 0.25) is 0 Å². The van der Waals surface area contributed by atoms with Crippen molar-refractivity contribution in [3.8, 4) is 0 Å². The normalized spacial score (nSPS) is 10.3. The van der Waals surface area contributed by atoms with Crippen LogP contribution >= 0.6 is 11.3 Å². The van der Waals surface area contributed by atoms with E-state index in [-0.39, 0.29) is 0 Å². The summed E-state index contributed by atoms with van der Waals surface area (Å²) < 4.78 is 0. The van der Waals surface area contributed by atoms with E-state index >= 15 is 0 Å². The number of rotatable bonds is 2. The van der Waals surface area contributed by atoms with Crippen LogP contribution in [0.1, 0.15) is 6.92 Å². The Balaban J connectivity index is 2.48. The minimum atomic E-state index is 0.938. The lowest BCUT2D eigenvalue weighted by Crippen LogP contribution is -1.82. The zero-order chi connectivity index (χ0) is 6.53. The molecular weight excluding hydrogens is 132 g/mol. The van der Waals surface area contributed by atoms with E-state index in [1.54, 1.807) is 17.5 Å². The second kappa shape index (κ2) is 3.25.